The predicted octanol–water partition coefficient (Wildman–Crippen LogP) is 0.114. The first-order valence-corrected chi connectivity index (χ1v) is 2.46. The molecule has 0 fully saturated rings. The average molecular weight is 112 g/mol. The molecule has 1 rings (SSSR count). The number of aliphatic imine (C=N–C) groups is 2. The van der Waals surface area contributed by atoms with Crippen LogP contribution in [0.3, 0.4) is 0 Å². The van der Waals surface area contributed by atoms with Crippen molar-refractivity contribution in [2.24, 2.45) is 9.98 Å². The Morgan fingerprint density at radius 2 is 2.12 bits per heavy atom. The first-order valence-electron chi connectivity index (χ1n) is 2.46. The zero-order valence-electron chi connectivity index (χ0n) is 4.74. The third kappa shape index (κ3) is 1.13. The second kappa shape index (κ2) is 2.57. The molecule has 0 bridgehead atoms. The Labute approximate surface area is 48.1 Å². The van der Waals surface area contributed by atoms with Crippen LogP contribution in [0.4, 0.5) is 0 Å². The van der Waals surface area contributed by atoms with E-state index in [9.17, 15) is 0 Å². The number of methoxy groups -OCH3 is 1. The summed E-state index contributed by atoms with van der Waals surface area (Å²) in [7, 11) is 1.63. The van der Waals surface area contributed by atoms with Crippen molar-refractivity contribution in [3.63, 3.8) is 0 Å². The Morgan fingerprint density at radius 1 is 1.50 bits per heavy atom. The monoisotopic (exact) mass is 112 g/mol. The highest BCUT2D eigenvalue weighted by Crippen LogP contribution is 1.87. The molecular formula is C5H8N2O. The van der Waals surface area contributed by atoms with E-state index in [0.29, 0.717) is 6.67 Å². The average Bonchev–Trinajstić information content (AvgIpc) is 1.90. The fourth-order valence-corrected chi connectivity index (χ4v) is 0.509. The van der Waals surface area contributed by atoms with Crippen LogP contribution in [0.2, 0.25) is 0 Å². The van der Waals surface area contributed by atoms with Gasteiger partial charge in [0.2, 0.25) is 0 Å². The van der Waals surface area contributed by atoms with Gasteiger partial charge in [-0.2, -0.15) is 0 Å². The van der Waals surface area contributed by atoms with E-state index in [1.54, 1.807) is 19.5 Å². The Bertz CT molecular complexity index is 108. The number of hydrogen-bond acceptors (Lipinski definition) is 3. The standard InChI is InChI=1S/C5H8N2O/c1-8-5-2-6-4-7-3-5/h2-3,5H,4H2,1H3. The molecule has 0 aromatic rings. The van der Waals surface area contributed by atoms with Crippen molar-refractivity contribution in [2.45, 2.75) is 6.10 Å². The molecular weight excluding hydrogens is 104 g/mol. The summed E-state index contributed by atoms with van der Waals surface area (Å²) < 4.78 is 4.89. The topological polar surface area (TPSA) is 34.0 Å². The minimum Gasteiger partial charge on any atom is -0.370 e. The summed E-state index contributed by atoms with van der Waals surface area (Å²) in [6.07, 6.45) is 3.49. The maximum Gasteiger partial charge on any atom is 0.128 e. The molecule has 0 aliphatic carbocycles. The second-order valence-electron chi connectivity index (χ2n) is 1.51. The molecule has 0 unspecified atom stereocenters. The molecule has 0 saturated heterocycles. The molecule has 44 valence electrons. The van der Waals surface area contributed by atoms with Gasteiger partial charge in [0.05, 0.1) is 0 Å². The van der Waals surface area contributed by atoms with Crippen LogP contribution in [0.5, 0.6) is 0 Å². The van der Waals surface area contributed by atoms with Gasteiger partial charge >= 0.3 is 0 Å². The summed E-state index contributed by atoms with van der Waals surface area (Å²) in [5.74, 6) is 0. The van der Waals surface area contributed by atoms with Crippen LogP contribution in [0, 0.1) is 0 Å². The Kier molecular flexibility index (Phi) is 1.75. The largest absolute Gasteiger partial charge is 0.370 e. The third-order valence-corrected chi connectivity index (χ3v) is 0.940. The maximum atomic E-state index is 4.89. The lowest BCUT2D eigenvalue weighted by atomic mass is 10.4. The smallest absolute Gasteiger partial charge is 0.128 e. The van der Waals surface area contributed by atoms with Gasteiger partial charge in [0.25, 0.3) is 0 Å². The van der Waals surface area contributed by atoms with Crippen molar-refractivity contribution in [1.82, 2.24) is 0 Å². The number of rotatable bonds is 1. The van der Waals surface area contributed by atoms with Crippen LogP contribution in [0.1, 0.15) is 0 Å². The van der Waals surface area contributed by atoms with E-state index in [1.165, 1.54) is 0 Å². The highest BCUT2D eigenvalue weighted by atomic mass is 16.5. The van der Waals surface area contributed by atoms with Crippen LogP contribution >= 0.6 is 0 Å². The second-order valence-corrected chi connectivity index (χ2v) is 1.51. The molecule has 8 heavy (non-hydrogen) atoms. The molecule has 1 aliphatic rings. The minimum atomic E-state index is 0.00347. The normalized spacial score (nSPS) is 19.6. The van der Waals surface area contributed by atoms with E-state index in [-0.39, 0.29) is 6.10 Å². The van der Waals surface area contributed by atoms with Crippen molar-refractivity contribution in [3.05, 3.63) is 0 Å². The summed E-state index contributed by atoms with van der Waals surface area (Å²) in [4.78, 5) is 7.76. The lowest BCUT2D eigenvalue weighted by Gasteiger charge is -2.04. The summed E-state index contributed by atoms with van der Waals surface area (Å²) in [6, 6.07) is 0. The molecule has 0 saturated carbocycles. The van der Waals surface area contributed by atoms with Gasteiger partial charge in [0, 0.05) is 19.5 Å². The Hall–Kier alpha value is -0.700. The molecule has 1 aliphatic heterocycles. The highest BCUT2D eigenvalue weighted by Gasteiger charge is 1.99. The molecule has 0 N–H and O–H groups in total. The van der Waals surface area contributed by atoms with Crippen LogP contribution in [-0.2, 0) is 4.74 Å². The van der Waals surface area contributed by atoms with Crippen molar-refractivity contribution >= 4 is 12.4 Å². The first kappa shape index (κ1) is 5.44. The summed E-state index contributed by atoms with van der Waals surface area (Å²) in [6.45, 7) is 0.555. The molecule has 0 spiro atoms. The van der Waals surface area contributed by atoms with E-state index in [1.807, 2.05) is 0 Å². The molecule has 3 nitrogen and oxygen atoms in total. The fraction of sp³-hybridized carbons (Fsp3) is 0.600. The van der Waals surface area contributed by atoms with Crippen LogP contribution < -0.4 is 0 Å². The zero-order chi connectivity index (χ0) is 5.82. The van der Waals surface area contributed by atoms with Crippen LogP contribution in [0.25, 0.3) is 0 Å². The van der Waals surface area contributed by atoms with Gasteiger partial charge in [-0.3, -0.25) is 9.98 Å². The van der Waals surface area contributed by atoms with Gasteiger partial charge in [-0.25, -0.2) is 0 Å². The molecule has 1 heterocycles. The lowest BCUT2D eigenvalue weighted by Crippen LogP contribution is -2.16. The van der Waals surface area contributed by atoms with Crippen molar-refractivity contribution < 1.29 is 4.74 Å². The molecule has 0 atom stereocenters. The lowest BCUT2D eigenvalue weighted by molar-refractivity contribution is 0.210. The van der Waals surface area contributed by atoms with E-state index in [0.717, 1.165) is 0 Å². The highest BCUT2D eigenvalue weighted by molar-refractivity contribution is 5.87. The van der Waals surface area contributed by atoms with Gasteiger partial charge in [-0.1, -0.05) is 0 Å². The van der Waals surface area contributed by atoms with E-state index in [2.05, 4.69) is 9.98 Å². The Balaban J connectivity index is 2.42. The molecule has 0 aromatic heterocycles. The van der Waals surface area contributed by atoms with Gasteiger partial charge in [-0.05, 0) is 0 Å². The molecule has 3 heteroatoms. The molecule has 0 aromatic carbocycles. The SMILES string of the molecule is COC1C=NCN=C1. The Morgan fingerprint density at radius 3 is 2.50 bits per heavy atom. The maximum absolute atomic E-state index is 4.89. The number of hydrogen-bond donors (Lipinski definition) is 0. The molecule has 0 radical (unpaired) electrons. The van der Waals surface area contributed by atoms with Crippen LogP contribution in [-0.4, -0.2) is 32.3 Å². The van der Waals surface area contributed by atoms with E-state index < -0.39 is 0 Å². The van der Waals surface area contributed by atoms with Gasteiger partial charge in [-0.15, -0.1) is 0 Å². The molecule has 0 amide bonds. The fourth-order valence-electron chi connectivity index (χ4n) is 0.509. The number of ether oxygens (including phenoxy) is 1. The quantitative estimate of drug-likeness (QED) is 0.474. The van der Waals surface area contributed by atoms with Crippen LogP contribution in [0.15, 0.2) is 9.98 Å². The van der Waals surface area contributed by atoms with E-state index >= 15 is 0 Å². The number of nitrogens with zero attached hydrogens (tertiary/aromatic N) is 2. The van der Waals surface area contributed by atoms with Crippen molar-refractivity contribution in [3.8, 4) is 0 Å². The zero-order valence-corrected chi connectivity index (χ0v) is 4.74. The third-order valence-electron chi connectivity index (χ3n) is 0.940. The first-order chi connectivity index (χ1) is 3.93. The summed E-state index contributed by atoms with van der Waals surface area (Å²) in [5.41, 5.74) is 0. The predicted molar refractivity (Wildman–Crippen MR) is 32.6 cm³/mol. The van der Waals surface area contributed by atoms with Gasteiger partial charge in [0.15, 0.2) is 0 Å². The van der Waals surface area contributed by atoms with Crippen molar-refractivity contribution in [1.29, 1.82) is 0 Å². The summed E-state index contributed by atoms with van der Waals surface area (Å²) >= 11 is 0. The van der Waals surface area contributed by atoms with Gasteiger partial charge < -0.3 is 4.74 Å². The van der Waals surface area contributed by atoms with Crippen molar-refractivity contribution in [2.75, 3.05) is 13.8 Å². The van der Waals surface area contributed by atoms with E-state index in [4.69, 9.17) is 4.74 Å². The summed E-state index contributed by atoms with van der Waals surface area (Å²) in [5, 5.41) is 0. The van der Waals surface area contributed by atoms with Gasteiger partial charge in [0.1, 0.15) is 12.8 Å². The minimum absolute atomic E-state index is 0.00347.